The fourth-order valence-electron chi connectivity index (χ4n) is 3.93. The van der Waals surface area contributed by atoms with Gasteiger partial charge in [-0.25, -0.2) is 4.98 Å². The maximum absolute atomic E-state index is 13.1. The first-order valence-corrected chi connectivity index (χ1v) is 9.99. The smallest absolute Gasteiger partial charge is 0.254 e. The van der Waals surface area contributed by atoms with Crippen LogP contribution in [0, 0.1) is 0 Å². The first kappa shape index (κ1) is 17.9. The number of amides is 1. The van der Waals surface area contributed by atoms with Crippen LogP contribution in [-0.4, -0.2) is 49.7 Å². The Morgan fingerprint density at radius 2 is 2.22 bits per heavy atom. The largest absolute Gasteiger partial charge is 0.475 e. The Morgan fingerprint density at radius 3 is 3.07 bits per heavy atom. The first-order valence-electron chi connectivity index (χ1n) is 9.99. The SMILES string of the molecule is CCC(C)Oc1cc(C(=O)N2CCCC(c3nnc4n3CCC4)C2)ccn1. The molecular weight excluding hydrogens is 342 g/mol. The number of piperidine rings is 1. The lowest BCUT2D eigenvalue weighted by molar-refractivity contribution is 0.0702. The van der Waals surface area contributed by atoms with Crippen LogP contribution in [-0.2, 0) is 13.0 Å². The molecule has 2 aromatic rings. The van der Waals surface area contributed by atoms with Crippen molar-refractivity contribution in [2.24, 2.45) is 0 Å². The molecule has 0 bridgehead atoms. The minimum Gasteiger partial charge on any atom is -0.475 e. The second-order valence-corrected chi connectivity index (χ2v) is 7.54. The molecule has 4 rings (SSSR count). The van der Waals surface area contributed by atoms with Gasteiger partial charge in [0.1, 0.15) is 11.6 Å². The Morgan fingerprint density at radius 1 is 1.33 bits per heavy atom. The molecule has 0 aromatic carbocycles. The van der Waals surface area contributed by atoms with Crippen molar-refractivity contribution < 1.29 is 9.53 Å². The fourth-order valence-corrected chi connectivity index (χ4v) is 3.93. The van der Waals surface area contributed by atoms with Crippen LogP contribution < -0.4 is 4.74 Å². The van der Waals surface area contributed by atoms with Gasteiger partial charge in [-0.05, 0) is 38.7 Å². The number of hydrogen-bond acceptors (Lipinski definition) is 5. The van der Waals surface area contributed by atoms with E-state index in [4.69, 9.17) is 4.74 Å². The van der Waals surface area contributed by atoms with Crippen LogP contribution in [0.25, 0.3) is 0 Å². The van der Waals surface area contributed by atoms with Gasteiger partial charge in [-0.15, -0.1) is 10.2 Å². The van der Waals surface area contributed by atoms with Crippen LogP contribution in [0.15, 0.2) is 18.3 Å². The number of carbonyl (C=O) groups excluding carboxylic acids is 1. The molecule has 7 heteroatoms. The summed E-state index contributed by atoms with van der Waals surface area (Å²) in [6.07, 6.45) is 6.83. The van der Waals surface area contributed by atoms with E-state index in [0.717, 1.165) is 56.8 Å². The zero-order valence-corrected chi connectivity index (χ0v) is 16.1. The third-order valence-corrected chi connectivity index (χ3v) is 5.59. The van der Waals surface area contributed by atoms with Crippen LogP contribution in [0.5, 0.6) is 5.88 Å². The van der Waals surface area contributed by atoms with Crippen molar-refractivity contribution in [3.8, 4) is 5.88 Å². The summed E-state index contributed by atoms with van der Waals surface area (Å²) < 4.78 is 8.02. The molecular formula is C20H27N5O2. The second kappa shape index (κ2) is 7.66. The van der Waals surface area contributed by atoms with E-state index in [0.29, 0.717) is 18.0 Å². The van der Waals surface area contributed by atoms with Crippen molar-refractivity contribution in [3.63, 3.8) is 0 Å². The number of nitrogens with zero attached hydrogens (tertiary/aromatic N) is 5. The Bertz CT molecular complexity index is 818. The van der Waals surface area contributed by atoms with Gasteiger partial charge in [0.05, 0.1) is 6.10 Å². The molecule has 1 saturated heterocycles. The minimum atomic E-state index is 0.0391. The van der Waals surface area contributed by atoms with Gasteiger partial charge >= 0.3 is 0 Å². The van der Waals surface area contributed by atoms with Gasteiger partial charge in [-0.3, -0.25) is 4.79 Å². The van der Waals surface area contributed by atoms with E-state index in [1.807, 2.05) is 11.8 Å². The predicted octanol–water partition coefficient (Wildman–Crippen LogP) is 2.82. The summed E-state index contributed by atoms with van der Waals surface area (Å²) in [6.45, 7) is 6.54. The molecule has 0 radical (unpaired) electrons. The van der Waals surface area contributed by atoms with Gasteiger partial charge in [0.25, 0.3) is 5.91 Å². The van der Waals surface area contributed by atoms with E-state index in [9.17, 15) is 4.79 Å². The van der Waals surface area contributed by atoms with Crippen molar-refractivity contribution in [1.82, 2.24) is 24.6 Å². The molecule has 0 N–H and O–H groups in total. The second-order valence-electron chi connectivity index (χ2n) is 7.54. The van der Waals surface area contributed by atoms with Crippen LogP contribution in [0.2, 0.25) is 0 Å². The van der Waals surface area contributed by atoms with Gasteiger partial charge in [-0.2, -0.15) is 0 Å². The van der Waals surface area contributed by atoms with Gasteiger partial charge in [0.15, 0.2) is 0 Å². The topological polar surface area (TPSA) is 73.1 Å². The van der Waals surface area contributed by atoms with E-state index in [2.05, 4.69) is 26.7 Å². The minimum absolute atomic E-state index is 0.0391. The van der Waals surface area contributed by atoms with E-state index < -0.39 is 0 Å². The number of hydrogen-bond donors (Lipinski definition) is 0. The number of carbonyl (C=O) groups is 1. The summed E-state index contributed by atoms with van der Waals surface area (Å²) in [5.74, 6) is 2.96. The number of aromatic nitrogens is 4. The molecule has 1 amide bonds. The van der Waals surface area contributed by atoms with Crippen molar-refractivity contribution in [3.05, 3.63) is 35.5 Å². The molecule has 0 aliphatic carbocycles. The summed E-state index contributed by atoms with van der Waals surface area (Å²) >= 11 is 0. The average Bonchev–Trinajstić information content (AvgIpc) is 3.31. The fraction of sp³-hybridized carbons (Fsp3) is 0.600. The van der Waals surface area contributed by atoms with Crippen LogP contribution in [0.3, 0.4) is 0 Å². The highest BCUT2D eigenvalue weighted by Gasteiger charge is 2.30. The first-order chi connectivity index (χ1) is 13.2. The normalized spacial score (nSPS) is 20.4. The standard InChI is InChI=1S/C20H27N5O2/c1-3-14(2)27-18-12-15(8-9-21-18)20(26)24-10-4-6-16(13-24)19-23-22-17-7-5-11-25(17)19/h8-9,12,14,16H,3-7,10-11,13H2,1-2H3. The zero-order valence-electron chi connectivity index (χ0n) is 16.1. The molecule has 2 unspecified atom stereocenters. The summed E-state index contributed by atoms with van der Waals surface area (Å²) in [4.78, 5) is 19.2. The quantitative estimate of drug-likeness (QED) is 0.810. The summed E-state index contributed by atoms with van der Waals surface area (Å²) in [5.41, 5.74) is 0.635. The Balaban J connectivity index is 1.48. The lowest BCUT2D eigenvalue weighted by Crippen LogP contribution is -2.39. The molecule has 2 aliphatic heterocycles. The lowest BCUT2D eigenvalue weighted by Gasteiger charge is -2.32. The van der Waals surface area contributed by atoms with Crippen molar-refractivity contribution in [2.45, 2.75) is 64.5 Å². The van der Waals surface area contributed by atoms with Crippen LogP contribution >= 0.6 is 0 Å². The molecule has 2 atom stereocenters. The molecule has 7 nitrogen and oxygen atoms in total. The van der Waals surface area contributed by atoms with E-state index >= 15 is 0 Å². The highest BCUT2D eigenvalue weighted by Crippen LogP contribution is 2.29. The molecule has 1 fully saturated rings. The number of ether oxygens (including phenoxy) is 1. The van der Waals surface area contributed by atoms with Crippen LogP contribution in [0.4, 0.5) is 0 Å². The molecule has 0 spiro atoms. The molecule has 144 valence electrons. The highest BCUT2D eigenvalue weighted by atomic mass is 16.5. The Kier molecular flexibility index (Phi) is 5.09. The summed E-state index contributed by atoms with van der Waals surface area (Å²) in [7, 11) is 0. The lowest BCUT2D eigenvalue weighted by atomic mass is 9.96. The Hall–Kier alpha value is -2.44. The average molecular weight is 369 g/mol. The zero-order chi connectivity index (χ0) is 18.8. The molecule has 4 heterocycles. The van der Waals surface area contributed by atoms with Crippen molar-refractivity contribution >= 4 is 5.91 Å². The Labute approximate surface area is 159 Å². The van der Waals surface area contributed by atoms with Crippen molar-refractivity contribution in [1.29, 1.82) is 0 Å². The number of aryl methyl sites for hydroxylation is 1. The van der Waals surface area contributed by atoms with Gasteiger partial charge in [-0.1, -0.05) is 6.92 Å². The molecule has 27 heavy (non-hydrogen) atoms. The summed E-state index contributed by atoms with van der Waals surface area (Å²) in [6, 6.07) is 3.52. The van der Waals surface area contributed by atoms with E-state index in [1.54, 1.807) is 18.3 Å². The third kappa shape index (κ3) is 3.68. The van der Waals surface area contributed by atoms with Gasteiger partial charge in [0.2, 0.25) is 5.88 Å². The number of rotatable bonds is 5. The monoisotopic (exact) mass is 369 g/mol. The number of likely N-dealkylation sites (tertiary alicyclic amines) is 1. The van der Waals surface area contributed by atoms with E-state index in [1.165, 1.54) is 0 Å². The highest BCUT2D eigenvalue weighted by molar-refractivity contribution is 5.94. The van der Waals surface area contributed by atoms with Crippen LogP contribution in [0.1, 0.15) is 67.5 Å². The number of fused-ring (bicyclic) bond motifs is 1. The van der Waals surface area contributed by atoms with Gasteiger partial charge in [0, 0.05) is 49.8 Å². The number of pyridine rings is 1. The maximum Gasteiger partial charge on any atom is 0.254 e. The van der Waals surface area contributed by atoms with E-state index in [-0.39, 0.29) is 17.9 Å². The maximum atomic E-state index is 13.1. The third-order valence-electron chi connectivity index (χ3n) is 5.59. The van der Waals surface area contributed by atoms with Gasteiger partial charge < -0.3 is 14.2 Å². The molecule has 2 aliphatic rings. The predicted molar refractivity (Wildman–Crippen MR) is 101 cm³/mol. The summed E-state index contributed by atoms with van der Waals surface area (Å²) in [5, 5.41) is 8.76. The molecule has 2 aromatic heterocycles. The van der Waals surface area contributed by atoms with Crippen molar-refractivity contribution in [2.75, 3.05) is 13.1 Å². The molecule has 0 saturated carbocycles.